The van der Waals surface area contributed by atoms with Gasteiger partial charge in [-0.25, -0.2) is 4.98 Å². The van der Waals surface area contributed by atoms with Crippen LogP contribution >= 0.6 is 11.3 Å². The number of hydrogen-bond acceptors (Lipinski definition) is 6. The van der Waals surface area contributed by atoms with E-state index in [2.05, 4.69) is 21.7 Å². The molecule has 1 saturated heterocycles. The minimum Gasteiger partial charge on any atom is -0.350 e. The van der Waals surface area contributed by atoms with Gasteiger partial charge < -0.3 is 15.5 Å². The van der Waals surface area contributed by atoms with Crippen molar-refractivity contribution in [2.45, 2.75) is 72.0 Å². The van der Waals surface area contributed by atoms with Gasteiger partial charge in [0.15, 0.2) is 0 Å². The second-order valence-corrected chi connectivity index (χ2v) is 11.7. The molecule has 0 spiro atoms. The minimum atomic E-state index is -1.01. The van der Waals surface area contributed by atoms with Crippen molar-refractivity contribution in [3.05, 3.63) is 41.0 Å². The summed E-state index contributed by atoms with van der Waals surface area (Å²) in [6.07, 6.45) is 2.33. The molecule has 2 fully saturated rings. The molecule has 2 aromatic rings. The molecule has 3 amide bonds. The highest BCUT2D eigenvalue weighted by Crippen LogP contribution is 2.45. The van der Waals surface area contributed by atoms with Crippen LogP contribution in [0, 0.1) is 29.1 Å². The first-order valence-electron chi connectivity index (χ1n) is 12.4. The standard InChI is InChI=1S/C27H33N5O3S/c1-17-21(36-16-30-17)19-9-7-18(8-10-19)14-29-23(33)20-6-5-13-32(20)24(34)22(26(2,3)4)31-25(35)27(15-28)11-12-27/h7-10,16,20,22H,5-6,11-14H2,1-4H3,(H,29,33)(H,31,35). The zero-order chi connectivity index (χ0) is 26.1. The molecule has 1 aliphatic carbocycles. The van der Waals surface area contributed by atoms with E-state index in [0.717, 1.165) is 28.1 Å². The van der Waals surface area contributed by atoms with Gasteiger partial charge in [0.1, 0.15) is 17.5 Å². The predicted octanol–water partition coefficient (Wildman–Crippen LogP) is 3.56. The van der Waals surface area contributed by atoms with Crippen LogP contribution in [0.2, 0.25) is 0 Å². The molecule has 0 bridgehead atoms. The lowest BCUT2D eigenvalue weighted by Gasteiger charge is -2.35. The van der Waals surface area contributed by atoms with Crippen molar-refractivity contribution in [2.24, 2.45) is 10.8 Å². The lowest BCUT2D eigenvalue weighted by atomic mass is 9.85. The maximum absolute atomic E-state index is 13.6. The Morgan fingerprint density at radius 2 is 1.94 bits per heavy atom. The summed E-state index contributed by atoms with van der Waals surface area (Å²) < 4.78 is 0. The predicted molar refractivity (Wildman–Crippen MR) is 138 cm³/mol. The Bertz CT molecular complexity index is 1190. The van der Waals surface area contributed by atoms with Gasteiger partial charge in [-0.1, -0.05) is 45.0 Å². The fourth-order valence-corrected chi connectivity index (χ4v) is 5.37. The fourth-order valence-electron chi connectivity index (χ4n) is 4.56. The third-order valence-corrected chi connectivity index (χ3v) is 8.03. The van der Waals surface area contributed by atoms with E-state index in [1.165, 1.54) is 0 Å². The second-order valence-electron chi connectivity index (χ2n) is 10.8. The van der Waals surface area contributed by atoms with Crippen LogP contribution in [-0.4, -0.2) is 46.2 Å². The zero-order valence-electron chi connectivity index (χ0n) is 21.3. The van der Waals surface area contributed by atoms with Crippen LogP contribution in [0.5, 0.6) is 0 Å². The molecule has 190 valence electrons. The average molecular weight is 508 g/mol. The van der Waals surface area contributed by atoms with Gasteiger partial charge in [-0.2, -0.15) is 5.26 Å². The summed E-state index contributed by atoms with van der Waals surface area (Å²) in [7, 11) is 0. The monoisotopic (exact) mass is 507 g/mol. The molecule has 2 atom stereocenters. The second kappa shape index (κ2) is 10.0. The first-order valence-corrected chi connectivity index (χ1v) is 13.2. The van der Waals surface area contributed by atoms with Crippen LogP contribution in [0.1, 0.15) is 57.7 Å². The lowest BCUT2D eigenvalue weighted by molar-refractivity contribution is -0.144. The van der Waals surface area contributed by atoms with Crippen molar-refractivity contribution >= 4 is 29.1 Å². The molecule has 8 nitrogen and oxygen atoms in total. The van der Waals surface area contributed by atoms with Crippen molar-refractivity contribution in [3.8, 4) is 16.5 Å². The number of nitriles is 1. The van der Waals surface area contributed by atoms with Crippen molar-refractivity contribution in [1.29, 1.82) is 5.26 Å². The lowest BCUT2D eigenvalue weighted by Crippen LogP contribution is -2.58. The topological polar surface area (TPSA) is 115 Å². The average Bonchev–Trinajstić information content (AvgIpc) is 3.28. The number of hydrogen-bond donors (Lipinski definition) is 2. The number of carbonyl (C=O) groups excluding carboxylic acids is 3. The summed E-state index contributed by atoms with van der Waals surface area (Å²) >= 11 is 1.60. The van der Waals surface area contributed by atoms with Crippen molar-refractivity contribution in [3.63, 3.8) is 0 Å². The van der Waals surface area contributed by atoms with Gasteiger partial charge in [-0.15, -0.1) is 11.3 Å². The first-order chi connectivity index (χ1) is 17.1. The smallest absolute Gasteiger partial charge is 0.246 e. The number of likely N-dealkylation sites (tertiary alicyclic amines) is 1. The van der Waals surface area contributed by atoms with Crippen LogP contribution < -0.4 is 10.6 Å². The number of aryl methyl sites for hydroxylation is 1. The normalized spacial score (nSPS) is 19.3. The maximum Gasteiger partial charge on any atom is 0.246 e. The molecule has 2 heterocycles. The summed E-state index contributed by atoms with van der Waals surface area (Å²) in [6.45, 7) is 8.45. The summed E-state index contributed by atoms with van der Waals surface area (Å²) in [5, 5.41) is 15.2. The van der Waals surface area contributed by atoms with Gasteiger partial charge in [-0.05, 0) is 49.1 Å². The van der Waals surface area contributed by atoms with Crippen LogP contribution in [0.4, 0.5) is 0 Å². The molecule has 2 aliphatic rings. The van der Waals surface area contributed by atoms with E-state index in [4.69, 9.17) is 0 Å². The molecular weight excluding hydrogens is 474 g/mol. The Morgan fingerprint density at radius 3 is 2.50 bits per heavy atom. The van der Waals surface area contributed by atoms with Gasteiger partial charge in [0, 0.05) is 13.1 Å². The molecule has 1 aromatic carbocycles. The number of benzene rings is 1. The molecule has 1 aromatic heterocycles. The van der Waals surface area contributed by atoms with E-state index in [1.54, 1.807) is 16.2 Å². The third-order valence-electron chi connectivity index (χ3n) is 7.05. The molecule has 2 N–H and O–H groups in total. The van der Waals surface area contributed by atoms with Gasteiger partial charge in [0.2, 0.25) is 17.7 Å². The van der Waals surface area contributed by atoms with E-state index in [1.807, 2.05) is 57.5 Å². The van der Waals surface area contributed by atoms with E-state index in [9.17, 15) is 19.6 Å². The molecule has 4 rings (SSSR count). The van der Waals surface area contributed by atoms with Crippen molar-refractivity contribution < 1.29 is 14.4 Å². The largest absolute Gasteiger partial charge is 0.350 e. The third kappa shape index (κ3) is 5.29. The quantitative estimate of drug-likeness (QED) is 0.595. The summed E-state index contributed by atoms with van der Waals surface area (Å²) in [4.78, 5) is 46.4. The fraction of sp³-hybridized carbons (Fsp3) is 0.519. The van der Waals surface area contributed by atoms with Crippen molar-refractivity contribution in [2.75, 3.05) is 6.54 Å². The van der Waals surface area contributed by atoms with Gasteiger partial charge in [-0.3, -0.25) is 14.4 Å². The van der Waals surface area contributed by atoms with Gasteiger partial charge in [0.05, 0.1) is 22.2 Å². The molecule has 36 heavy (non-hydrogen) atoms. The molecule has 0 radical (unpaired) electrons. The van der Waals surface area contributed by atoms with Gasteiger partial charge in [0.25, 0.3) is 0 Å². The molecule has 1 aliphatic heterocycles. The van der Waals surface area contributed by atoms with Crippen LogP contribution in [0.25, 0.3) is 10.4 Å². The number of carbonyl (C=O) groups is 3. The highest BCUT2D eigenvalue weighted by molar-refractivity contribution is 7.13. The number of aromatic nitrogens is 1. The Balaban J connectivity index is 1.39. The number of thiazole rings is 1. The number of nitrogens with one attached hydrogen (secondary N) is 2. The van der Waals surface area contributed by atoms with Crippen LogP contribution in [0.15, 0.2) is 29.8 Å². The Morgan fingerprint density at radius 1 is 1.25 bits per heavy atom. The molecule has 2 unspecified atom stereocenters. The van der Waals surface area contributed by atoms with Crippen LogP contribution in [-0.2, 0) is 20.9 Å². The highest BCUT2D eigenvalue weighted by Gasteiger charge is 2.53. The van der Waals surface area contributed by atoms with E-state index in [0.29, 0.717) is 32.4 Å². The minimum absolute atomic E-state index is 0.196. The summed E-state index contributed by atoms with van der Waals surface area (Å²) in [6, 6.07) is 8.72. The molecule has 9 heteroatoms. The molecular formula is C27H33N5O3S. The van der Waals surface area contributed by atoms with E-state index in [-0.39, 0.29) is 11.8 Å². The van der Waals surface area contributed by atoms with E-state index >= 15 is 0 Å². The Hall–Kier alpha value is -3.25. The Kier molecular flexibility index (Phi) is 7.19. The first kappa shape index (κ1) is 25.8. The van der Waals surface area contributed by atoms with E-state index < -0.39 is 28.8 Å². The SMILES string of the molecule is Cc1ncsc1-c1ccc(CNC(=O)C2CCCN2C(=O)C(NC(=O)C2(C#N)CC2)C(C)(C)C)cc1. The molecule has 1 saturated carbocycles. The highest BCUT2D eigenvalue weighted by atomic mass is 32.1. The summed E-state index contributed by atoms with van der Waals surface area (Å²) in [5.41, 5.74) is 3.31. The van der Waals surface area contributed by atoms with Crippen molar-refractivity contribution in [1.82, 2.24) is 20.5 Å². The number of nitrogens with zero attached hydrogens (tertiary/aromatic N) is 3. The Labute approximate surface area is 216 Å². The maximum atomic E-state index is 13.6. The number of amides is 3. The summed E-state index contributed by atoms with van der Waals surface area (Å²) in [5.74, 6) is -0.861. The van der Waals surface area contributed by atoms with Gasteiger partial charge >= 0.3 is 0 Å². The van der Waals surface area contributed by atoms with Crippen LogP contribution in [0.3, 0.4) is 0 Å². The number of rotatable bonds is 7. The zero-order valence-corrected chi connectivity index (χ0v) is 22.1.